The number of hydrogen-bond donors (Lipinski definition) is 1. The van der Waals surface area contributed by atoms with Gasteiger partial charge < -0.3 is 0 Å². The minimum Gasteiger partial charge on any atom is -0.225 e. The fraction of sp³-hybridized carbons (Fsp3) is 0. The molecule has 0 unspecified atom stereocenters. The number of nitrogens with two attached hydrogens (primary N) is 1. The van der Waals surface area contributed by atoms with Gasteiger partial charge in [0.2, 0.25) is 10.0 Å². The highest BCUT2D eigenvalue weighted by Crippen LogP contribution is 2.27. The standard InChI is InChI=1S/C12H9F2NO2S.ClH/c13-9-3-1-8(2-4-9)11-7-10(14)5-6-12(11)18(15,16)17;/h1-7H,(H2,15,16,17);1H. The third-order valence-electron chi connectivity index (χ3n) is 2.40. The maximum absolute atomic E-state index is 13.2. The zero-order chi connectivity index (χ0) is 13.3. The molecular weight excluding hydrogens is 296 g/mol. The van der Waals surface area contributed by atoms with Crippen molar-refractivity contribution in [1.29, 1.82) is 0 Å². The van der Waals surface area contributed by atoms with Gasteiger partial charge in [0.1, 0.15) is 11.6 Å². The number of hydrogen-bond acceptors (Lipinski definition) is 2. The summed E-state index contributed by atoms with van der Waals surface area (Å²) in [5.41, 5.74) is 0.484. The maximum Gasteiger partial charge on any atom is 0.238 e. The first kappa shape index (κ1) is 15.6. The first-order chi connectivity index (χ1) is 8.38. The molecule has 19 heavy (non-hydrogen) atoms. The molecule has 2 N–H and O–H groups in total. The van der Waals surface area contributed by atoms with E-state index >= 15 is 0 Å². The first-order valence-electron chi connectivity index (χ1n) is 4.96. The van der Waals surface area contributed by atoms with Gasteiger partial charge in [0.15, 0.2) is 0 Å². The van der Waals surface area contributed by atoms with Crippen LogP contribution < -0.4 is 5.14 Å². The SMILES string of the molecule is Cl.NS(=O)(=O)c1ccc(F)cc1-c1ccc(F)cc1. The van der Waals surface area contributed by atoms with Crippen LogP contribution >= 0.6 is 12.4 Å². The second-order valence-electron chi connectivity index (χ2n) is 3.69. The molecule has 3 nitrogen and oxygen atoms in total. The van der Waals surface area contributed by atoms with Crippen molar-refractivity contribution >= 4 is 22.4 Å². The topological polar surface area (TPSA) is 60.2 Å². The largest absolute Gasteiger partial charge is 0.238 e. The van der Waals surface area contributed by atoms with Gasteiger partial charge in [-0.1, -0.05) is 12.1 Å². The first-order valence-corrected chi connectivity index (χ1v) is 6.51. The summed E-state index contributed by atoms with van der Waals surface area (Å²) in [5, 5.41) is 5.05. The Morgan fingerprint density at radius 2 is 1.42 bits per heavy atom. The fourth-order valence-electron chi connectivity index (χ4n) is 1.61. The molecule has 0 spiro atoms. The minimum atomic E-state index is -3.97. The lowest BCUT2D eigenvalue weighted by molar-refractivity contribution is 0.597. The van der Waals surface area contributed by atoms with E-state index in [1.165, 1.54) is 12.1 Å². The molecule has 0 aliphatic carbocycles. The van der Waals surface area contributed by atoms with Crippen LogP contribution in [0.1, 0.15) is 0 Å². The van der Waals surface area contributed by atoms with E-state index in [2.05, 4.69) is 0 Å². The normalized spacial score (nSPS) is 10.9. The second-order valence-corrected chi connectivity index (χ2v) is 5.22. The summed E-state index contributed by atoms with van der Waals surface area (Å²) in [5.74, 6) is -1.06. The van der Waals surface area contributed by atoms with Crippen molar-refractivity contribution < 1.29 is 17.2 Å². The van der Waals surface area contributed by atoms with E-state index in [1.54, 1.807) is 0 Å². The Morgan fingerprint density at radius 1 is 0.895 bits per heavy atom. The molecule has 2 aromatic rings. The average molecular weight is 306 g/mol. The molecular formula is C12H10ClF2NO2S. The second kappa shape index (κ2) is 5.64. The summed E-state index contributed by atoms with van der Waals surface area (Å²) in [7, 11) is -3.97. The Labute approximate surface area is 115 Å². The predicted octanol–water partition coefficient (Wildman–Crippen LogP) is 2.70. The fourth-order valence-corrected chi connectivity index (χ4v) is 2.35. The van der Waals surface area contributed by atoms with E-state index in [1.807, 2.05) is 0 Å². The molecule has 0 fully saturated rings. The van der Waals surface area contributed by atoms with Crippen molar-refractivity contribution in [2.75, 3.05) is 0 Å². The Balaban J connectivity index is 0.00000180. The number of halogens is 3. The van der Waals surface area contributed by atoms with Gasteiger partial charge in [0.25, 0.3) is 0 Å². The van der Waals surface area contributed by atoms with E-state index in [-0.39, 0.29) is 22.9 Å². The Kier molecular flexibility index (Phi) is 4.62. The van der Waals surface area contributed by atoms with Gasteiger partial charge in [-0.15, -0.1) is 12.4 Å². The van der Waals surface area contributed by atoms with Crippen molar-refractivity contribution in [2.45, 2.75) is 4.90 Å². The molecule has 102 valence electrons. The van der Waals surface area contributed by atoms with Gasteiger partial charge in [0.05, 0.1) is 4.90 Å². The third-order valence-corrected chi connectivity index (χ3v) is 3.37. The highest BCUT2D eigenvalue weighted by atomic mass is 35.5. The van der Waals surface area contributed by atoms with Gasteiger partial charge in [-0.25, -0.2) is 22.3 Å². The molecule has 0 aliphatic rings. The zero-order valence-electron chi connectivity index (χ0n) is 9.51. The molecule has 2 rings (SSSR count). The molecule has 7 heteroatoms. The average Bonchev–Trinajstić information content (AvgIpc) is 2.28. The quantitative estimate of drug-likeness (QED) is 0.927. The van der Waals surface area contributed by atoms with Crippen LogP contribution in [0.15, 0.2) is 47.4 Å². The lowest BCUT2D eigenvalue weighted by atomic mass is 10.1. The van der Waals surface area contributed by atoms with Crippen LogP contribution in [0.3, 0.4) is 0 Å². The van der Waals surface area contributed by atoms with E-state index in [4.69, 9.17) is 5.14 Å². The molecule has 0 aromatic heterocycles. The van der Waals surface area contributed by atoms with Crippen molar-refractivity contribution in [3.8, 4) is 11.1 Å². The Hall–Kier alpha value is -1.50. The van der Waals surface area contributed by atoms with Gasteiger partial charge in [-0.2, -0.15) is 0 Å². The van der Waals surface area contributed by atoms with Crippen LogP contribution in [0.4, 0.5) is 8.78 Å². The number of rotatable bonds is 2. The summed E-state index contributed by atoms with van der Waals surface area (Å²) >= 11 is 0. The zero-order valence-corrected chi connectivity index (χ0v) is 11.1. The molecule has 0 atom stereocenters. The van der Waals surface area contributed by atoms with E-state index in [0.29, 0.717) is 5.56 Å². The smallest absolute Gasteiger partial charge is 0.225 e. The van der Waals surface area contributed by atoms with Crippen molar-refractivity contribution in [1.82, 2.24) is 0 Å². The molecule has 0 amide bonds. The van der Waals surface area contributed by atoms with Crippen molar-refractivity contribution in [2.24, 2.45) is 5.14 Å². The third kappa shape index (κ3) is 3.50. The van der Waals surface area contributed by atoms with E-state index in [0.717, 1.165) is 30.3 Å². The van der Waals surface area contributed by atoms with Crippen molar-refractivity contribution in [3.05, 3.63) is 54.1 Å². The van der Waals surface area contributed by atoms with Gasteiger partial charge in [-0.3, -0.25) is 0 Å². The lowest BCUT2D eigenvalue weighted by Gasteiger charge is -2.08. The summed E-state index contributed by atoms with van der Waals surface area (Å²) in [4.78, 5) is -0.199. The van der Waals surface area contributed by atoms with Crippen LogP contribution in [-0.2, 0) is 10.0 Å². The maximum atomic E-state index is 13.2. The predicted molar refractivity (Wildman–Crippen MR) is 70.4 cm³/mol. The highest BCUT2D eigenvalue weighted by Gasteiger charge is 2.15. The molecule has 0 heterocycles. The van der Waals surface area contributed by atoms with Crippen LogP contribution in [0, 0.1) is 11.6 Å². The number of primary sulfonamides is 1. The van der Waals surface area contributed by atoms with E-state index in [9.17, 15) is 17.2 Å². The summed E-state index contributed by atoms with van der Waals surface area (Å²) in [6, 6.07) is 8.18. The van der Waals surface area contributed by atoms with Crippen LogP contribution in [0.2, 0.25) is 0 Å². The van der Waals surface area contributed by atoms with Gasteiger partial charge >= 0.3 is 0 Å². The molecule has 0 bridgehead atoms. The minimum absolute atomic E-state index is 0. The number of sulfonamides is 1. The van der Waals surface area contributed by atoms with Crippen molar-refractivity contribution in [3.63, 3.8) is 0 Å². The van der Waals surface area contributed by atoms with Gasteiger partial charge in [0, 0.05) is 5.56 Å². The molecule has 0 radical (unpaired) electrons. The van der Waals surface area contributed by atoms with Crippen LogP contribution in [0.5, 0.6) is 0 Å². The van der Waals surface area contributed by atoms with Gasteiger partial charge in [-0.05, 0) is 35.9 Å². The van der Waals surface area contributed by atoms with Crippen LogP contribution in [-0.4, -0.2) is 8.42 Å². The monoisotopic (exact) mass is 305 g/mol. The highest BCUT2D eigenvalue weighted by molar-refractivity contribution is 7.89. The van der Waals surface area contributed by atoms with E-state index < -0.39 is 21.7 Å². The summed E-state index contributed by atoms with van der Waals surface area (Å²) < 4.78 is 48.8. The molecule has 0 saturated carbocycles. The lowest BCUT2D eigenvalue weighted by Crippen LogP contribution is -2.13. The molecule has 0 saturated heterocycles. The summed E-state index contributed by atoms with van der Waals surface area (Å²) in [6.45, 7) is 0. The Morgan fingerprint density at radius 3 is 1.95 bits per heavy atom. The Bertz CT molecular complexity index is 687. The molecule has 2 aromatic carbocycles. The summed E-state index contributed by atoms with van der Waals surface area (Å²) in [6.07, 6.45) is 0. The molecule has 0 aliphatic heterocycles. The number of benzene rings is 2. The van der Waals surface area contributed by atoms with Crippen LogP contribution in [0.25, 0.3) is 11.1 Å².